The molecule has 0 spiro atoms. The Balaban J connectivity index is 2.00. The molecule has 1 aromatic heterocycles. The van der Waals surface area contributed by atoms with Gasteiger partial charge in [0.25, 0.3) is 5.91 Å². The third kappa shape index (κ3) is 5.59. The summed E-state index contributed by atoms with van der Waals surface area (Å²) < 4.78 is 27.9. The molecule has 0 aromatic carbocycles. The number of rotatable bonds is 8. The van der Waals surface area contributed by atoms with Gasteiger partial charge in [0.15, 0.2) is 0 Å². The summed E-state index contributed by atoms with van der Waals surface area (Å²) in [5.41, 5.74) is 5.55. The molecule has 128 valence electrons. The van der Waals surface area contributed by atoms with Gasteiger partial charge >= 0.3 is 6.61 Å². The molecule has 23 heavy (non-hydrogen) atoms. The second-order valence-corrected chi connectivity index (χ2v) is 5.36. The molecule has 1 heterocycles. The maximum atomic E-state index is 11.9. The summed E-state index contributed by atoms with van der Waals surface area (Å²) in [6.45, 7) is -2.86. The average Bonchev–Trinajstić information content (AvgIpc) is 2.52. The number of nitrogens with two attached hydrogens (primary N) is 1. The predicted molar refractivity (Wildman–Crippen MR) is 81.5 cm³/mol. The Bertz CT molecular complexity index is 524. The van der Waals surface area contributed by atoms with Crippen molar-refractivity contribution in [1.82, 2.24) is 9.97 Å². The van der Waals surface area contributed by atoms with Gasteiger partial charge in [-0.15, -0.1) is 0 Å². The van der Waals surface area contributed by atoms with E-state index in [-0.39, 0.29) is 30.7 Å². The van der Waals surface area contributed by atoms with E-state index in [1.165, 1.54) is 12.6 Å². The van der Waals surface area contributed by atoms with E-state index in [1.54, 1.807) is 0 Å². The van der Waals surface area contributed by atoms with Crippen molar-refractivity contribution in [3.8, 4) is 0 Å². The number of halogens is 2. The summed E-state index contributed by atoms with van der Waals surface area (Å²) in [5, 5.41) is 6.01. The molecule has 1 aliphatic rings. The Kier molecular flexibility index (Phi) is 6.45. The smallest absolute Gasteiger partial charge is 0.345 e. The first-order valence-electron chi connectivity index (χ1n) is 7.63. The van der Waals surface area contributed by atoms with Gasteiger partial charge in [0.1, 0.15) is 5.82 Å². The Labute approximate surface area is 133 Å². The van der Waals surface area contributed by atoms with Crippen molar-refractivity contribution >= 4 is 17.7 Å². The van der Waals surface area contributed by atoms with Gasteiger partial charge in [0.05, 0.1) is 12.2 Å². The molecule has 1 fully saturated rings. The predicted octanol–water partition coefficient (Wildman–Crippen LogP) is 1.97. The number of amides is 1. The summed E-state index contributed by atoms with van der Waals surface area (Å²) in [6, 6.07) is 0.242. The van der Waals surface area contributed by atoms with Gasteiger partial charge in [-0.1, -0.05) is 19.3 Å². The van der Waals surface area contributed by atoms with E-state index < -0.39 is 12.5 Å². The average molecular weight is 329 g/mol. The van der Waals surface area contributed by atoms with Crippen molar-refractivity contribution in [3.05, 3.63) is 11.8 Å². The fourth-order valence-corrected chi connectivity index (χ4v) is 2.51. The molecule has 0 saturated heterocycles. The summed E-state index contributed by atoms with van der Waals surface area (Å²) >= 11 is 0. The van der Waals surface area contributed by atoms with E-state index in [2.05, 4.69) is 25.3 Å². The standard InChI is InChI=1S/C14H21F2N5O2/c15-13(16)23-7-6-18-14-19-8-10(11(17)22)12(21-14)20-9-4-2-1-3-5-9/h8-9,13H,1-7H2,(H2,17,22)(H2,18,19,20,21). The van der Waals surface area contributed by atoms with Crippen molar-refractivity contribution in [2.45, 2.75) is 44.8 Å². The Morgan fingerprint density at radius 2 is 2.13 bits per heavy atom. The van der Waals surface area contributed by atoms with Crippen LogP contribution in [0.3, 0.4) is 0 Å². The van der Waals surface area contributed by atoms with Crippen molar-refractivity contribution < 1.29 is 18.3 Å². The molecule has 9 heteroatoms. The van der Waals surface area contributed by atoms with E-state index in [0.29, 0.717) is 5.82 Å². The van der Waals surface area contributed by atoms with Crippen molar-refractivity contribution in [2.75, 3.05) is 23.8 Å². The first kappa shape index (κ1) is 17.3. The first-order chi connectivity index (χ1) is 11.1. The summed E-state index contributed by atoms with van der Waals surface area (Å²) in [7, 11) is 0. The van der Waals surface area contributed by atoms with Crippen LogP contribution in [0.5, 0.6) is 0 Å². The molecule has 0 bridgehead atoms. The number of carbonyl (C=O) groups excluding carboxylic acids is 1. The van der Waals surface area contributed by atoms with Gasteiger partial charge in [-0.2, -0.15) is 13.8 Å². The largest absolute Gasteiger partial charge is 0.367 e. The van der Waals surface area contributed by atoms with E-state index in [4.69, 9.17) is 5.73 Å². The lowest BCUT2D eigenvalue weighted by molar-refractivity contribution is -0.125. The number of ether oxygens (including phenoxy) is 1. The lowest BCUT2D eigenvalue weighted by Crippen LogP contribution is -2.26. The minimum atomic E-state index is -2.81. The van der Waals surface area contributed by atoms with Crippen LogP contribution in [0.4, 0.5) is 20.5 Å². The highest BCUT2D eigenvalue weighted by molar-refractivity contribution is 5.97. The Hall–Kier alpha value is -2.03. The Morgan fingerprint density at radius 3 is 2.78 bits per heavy atom. The lowest BCUT2D eigenvalue weighted by atomic mass is 9.95. The topological polar surface area (TPSA) is 102 Å². The monoisotopic (exact) mass is 329 g/mol. The highest BCUT2D eigenvalue weighted by atomic mass is 19.3. The molecule has 2 rings (SSSR count). The maximum Gasteiger partial charge on any atom is 0.345 e. The second kappa shape index (κ2) is 8.56. The van der Waals surface area contributed by atoms with Crippen LogP contribution in [0.25, 0.3) is 0 Å². The number of nitrogens with zero attached hydrogens (tertiary/aromatic N) is 2. The number of aromatic nitrogens is 2. The summed E-state index contributed by atoms with van der Waals surface area (Å²) in [5.74, 6) is -0.0150. The van der Waals surface area contributed by atoms with Gasteiger partial charge in [-0.25, -0.2) is 4.98 Å². The van der Waals surface area contributed by atoms with Gasteiger partial charge in [0, 0.05) is 18.8 Å². The zero-order valence-electron chi connectivity index (χ0n) is 12.7. The maximum absolute atomic E-state index is 11.9. The third-order valence-electron chi connectivity index (χ3n) is 3.63. The minimum Gasteiger partial charge on any atom is -0.367 e. The van der Waals surface area contributed by atoms with Crippen molar-refractivity contribution in [2.24, 2.45) is 5.73 Å². The summed E-state index contributed by atoms with van der Waals surface area (Å²) in [4.78, 5) is 19.7. The Morgan fingerprint density at radius 1 is 1.39 bits per heavy atom. The van der Waals surface area contributed by atoms with Crippen LogP contribution < -0.4 is 16.4 Å². The van der Waals surface area contributed by atoms with E-state index in [0.717, 1.165) is 25.7 Å². The molecule has 0 radical (unpaired) electrons. The number of nitrogens with one attached hydrogen (secondary N) is 2. The first-order valence-corrected chi connectivity index (χ1v) is 7.63. The van der Waals surface area contributed by atoms with Gasteiger partial charge in [-0.05, 0) is 12.8 Å². The number of alkyl halides is 2. The third-order valence-corrected chi connectivity index (χ3v) is 3.63. The van der Waals surface area contributed by atoms with Crippen LogP contribution in [0.15, 0.2) is 6.20 Å². The summed E-state index contributed by atoms with van der Waals surface area (Å²) in [6.07, 6.45) is 6.81. The number of hydrogen-bond donors (Lipinski definition) is 3. The van der Waals surface area contributed by atoms with Gasteiger partial charge in [0.2, 0.25) is 5.95 Å². The molecule has 0 unspecified atom stereocenters. The van der Waals surface area contributed by atoms with Crippen LogP contribution in [0, 0.1) is 0 Å². The highest BCUT2D eigenvalue weighted by Gasteiger charge is 2.18. The molecular weight excluding hydrogens is 308 g/mol. The van der Waals surface area contributed by atoms with E-state index in [9.17, 15) is 13.6 Å². The quantitative estimate of drug-likeness (QED) is 0.630. The molecule has 1 aromatic rings. The number of anilines is 2. The number of primary amides is 1. The molecule has 4 N–H and O–H groups in total. The lowest BCUT2D eigenvalue weighted by Gasteiger charge is -2.24. The van der Waals surface area contributed by atoms with Gasteiger partial charge < -0.3 is 21.1 Å². The van der Waals surface area contributed by atoms with Crippen LogP contribution in [-0.4, -0.2) is 41.7 Å². The zero-order valence-corrected chi connectivity index (χ0v) is 12.7. The SMILES string of the molecule is NC(=O)c1cnc(NCCOC(F)F)nc1NC1CCCCC1. The van der Waals surface area contributed by atoms with Crippen LogP contribution >= 0.6 is 0 Å². The number of carbonyl (C=O) groups is 1. The van der Waals surface area contributed by atoms with E-state index >= 15 is 0 Å². The molecule has 1 saturated carbocycles. The zero-order chi connectivity index (χ0) is 16.7. The molecular formula is C14H21F2N5O2. The van der Waals surface area contributed by atoms with Gasteiger partial charge in [-0.3, -0.25) is 4.79 Å². The van der Waals surface area contributed by atoms with Crippen LogP contribution in [-0.2, 0) is 4.74 Å². The normalized spacial score (nSPS) is 15.6. The van der Waals surface area contributed by atoms with Crippen molar-refractivity contribution in [1.29, 1.82) is 0 Å². The van der Waals surface area contributed by atoms with Crippen molar-refractivity contribution in [3.63, 3.8) is 0 Å². The van der Waals surface area contributed by atoms with E-state index in [1.807, 2.05) is 0 Å². The minimum absolute atomic E-state index is 0.128. The molecule has 1 amide bonds. The van der Waals surface area contributed by atoms with Crippen LogP contribution in [0.2, 0.25) is 0 Å². The fraction of sp³-hybridized carbons (Fsp3) is 0.643. The van der Waals surface area contributed by atoms with Crippen LogP contribution in [0.1, 0.15) is 42.5 Å². The number of hydrogen-bond acceptors (Lipinski definition) is 6. The fourth-order valence-electron chi connectivity index (χ4n) is 2.51. The highest BCUT2D eigenvalue weighted by Crippen LogP contribution is 2.23. The molecule has 0 aliphatic heterocycles. The second-order valence-electron chi connectivity index (χ2n) is 5.36. The molecule has 0 atom stereocenters. The molecule has 7 nitrogen and oxygen atoms in total. The molecule has 1 aliphatic carbocycles.